The van der Waals surface area contributed by atoms with Crippen LogP contribution in [0.2, 0.25) is 0 Å². The number of rotatable bonds is 8. The fraction of sp³-hybridized carbons (Fsp3) is 0.562. The SMILES string of the molecule is CCCC(CCC)C(=O)Nc1ccc(CN)cc1OC. The van der Waals surface area contributed by atoms with Gasteiger partial charge in [-0.1, -0.05) is 32.8 Å². The molecule has 112 valence electrons. The van der Waals surface area contributed by atoms with Gasteiger partial charge in [-0.15, -0.1) is 0 Å². The molecule has 0 radical (unpaired) electrons. The molecule has 1 aromatic carbocycles. The third-order valence-corrected chi connectivity index (χ3v) is 3.40. The highest BCUT2D eigenvalue weighted by atomic mass is 16.5. The number of anilines is 1. The fourth-order valence-corrected chi connectivity index (χ4v) is 2.30. The number of ether oxygens (including phenoxy) is 1. The maximum Gasteiger partial charge on any atom is 0.227 e. The van der Waals surface area contributed by atoms with Gasteiger partial charge in [0.2, 0.25) is 5.91 Å². The predicted octanol–water partition coefficient (Wildman–Crippen LogP) is 3.31. The topological polar surface area (TPSA) is 64.4 Å². The van der Waals surface area contributed by atoms with Crippen LogP contribution < -0.4 is 15.8 Å². The molecule has 0 atom stereocenters. The maximum atomic E-state index is 12.3. The molecule has 3 N–H and O–H groups in total. The van der Waals surface area contributed by atoms with Crippen LogP contribution in [0.3, 0.4) is 0 Å². The molecule has 0 aliphatic rings. The Morgan fingerprint density at radius 2 is 1.95 bits per heavy atom. The van der Waals surface area contributed by atoms with Crippen LogP contribution in [0.25, 0.3) is 0 Å². The lowest BCUT2D eigenvalue weighted by Gasteiger charge is -2.17. The van der Waals surface area contributed by atoms with Gasteiger partial charge in [-0.3, -0.25) is 4.79 Å². The van der Waals surface area contributed by atoms with E-state index in [1.807, 2.05) is 18.2 Å². The number of hydrogen-bond acceptors (Lipinski definition) is 3. The second-order valence-corrected chi connectivity index (χ2v) is 5.00. The largest absolute Gasteiger partial charge is 0.495 e. The zero-order valence-corrected chi connectivity index (χ0v) is 12.7. The van der Waals surface area contributed by atoms with Gasteiger partial charge in [0.25, 0.3) is 0 Å². The first kappa shape index (κ1) is 16.5. The maximum absolute atomic E-state index is 12.3. The predicted molar refractivity (Wildman–Crippen MR) is 82.8 cm³/mol. The number of carbonyl (C=O) groups excluding carboxylic acids is 1. The van der Waals surface area contributed by atoms with E-state index in [2.05, 4.69) is 19.2 Å². The molecule has 0 spiro atoms. The molecule has 0 aliphatic carbocycles. The van der Waals surface area contributed by atoms with Gasteiger partial charge >= 0.3 is 0 Å². The van der Waals surface area contributed by atoms with Gasteiger partial charge < -0.3 is 15.8 Å². The summed E-state index contributed by atoms with van der Waals surface area (Å²) < 4.78 is 5.32. The lowest BCUT2D eigenvalue weighted by molar-refractivity contribution is -0.120. The third kappa shape index (κ3) is 4.53. The van der Waals surface area contributed by atoms with Crippen molar-refractivity contribution in [1.29, 1.82) is 0 Å². The van der Waals surface area contributed by atoms with E-state index in [9.17, 15) is 4.79 Å². The van der Waals surface area contributed by atoms with Crippen molar-refractivity contribution in [2.75, 3.05) is 12.4 Å². The monoisotopic (exact) mass is 278 g/mol. The summed E-state index contributed by atoms with van der Waals surface area (Å²) in [6.45, 7) is 4.66. The second-order valence-electron chi connectivity index (χ2n) is 5.00. The minimum atomic E-state index is 0.0730. The normalized spacial score (nSPS) is 10.7. The van der Waals surface area contributed by atoms with Gasteiger partial charge in [-0.25, -0.2) is 0 Å². The van der Waals surface area contributed by atoms with E-state index in [1.54, 1.807) is 7.11 Å². The summed E-state index contributed by atoms with van der Waals surface area (Å²) in [5.41, 5.74) is 7.31. The molecular weight excluding hydrogens is 252 g/mol. The first-order chi connectivity index (χ1) is 9.65. The summed E-state index contributed by atoms with van der Waals surface area (Å²) in [7, 11) is 1.60. The van der Waals surface area contributed by atoms with Crippen molar-refractivity contribution in [2.24, 2.45) is 11.7 Å². The molecule has 0 heterocycles. The molecule has 1 aromatic rings. The molecular formula is C16H26N2O2. The Hall–Kier alpha value is -1.55. The van der Waals surface area contributed by atoms with Gasteiger partial charge in [0.15, 0.2) is 0 Å². The molecule has 0 saturated carbocycles. The Morgan fingerprint density at radius 1 is 1.30 bits per heavy atom. The van der Waals surface area contributed by atoms with E-state index >= 15 is 0 Å². The molecule has 0 unspecified atom stereocenters. The van der Waals surface area contributed by atoms with E-state index in [0.29, 0.717) is 18.0 Å². The highest BCUT2D eigenvalue weighted by Gasteiger charge is 2.18. The molecule has 0 aromatic heterocycles. The van der Waals surface area contributed by atoms with Crippen molar-refractivity contribution in [3.05, 3.63) is 23.8 Å². The lowest BCUT2D eigenvalue weighted by atomic mass is 9.97. The summed E-state index contributed by atoms with van der Waals surface area (Å²) in [6, 6.07) is 5.63. The van der Waals surface area contributed by atoms with E-state index < -0.39 is 0 Å². The Kier molecular flexibility index (Phi) is 7.09. The standard InChI is InChI=1S/C16H26N2O2/c1-4-6-13(7-5-2)16(19)18-14-9-8-12(11-17)10-15(14)20-3/h8-10,13H,4-7,11,17H2,1-3H3,(H,18,19). The summed E-state index contributed by atoms with van der Waals surface area (Å²) in [6.07, 6.45) is 3.87. The number of carbonyl (C=O) groups is 1. The molecule has 4 heteroatoms. The van der Waals surface area contributed by atoms with Crippen LogP contribution in [0.4, 0.5) is 5.69 Å². The average Bonchev–Trinajstić information content (AvgIpc) is 2.47. The minimum Gasteiger partial charge on any atom is -0.495 e. The quantitative estimate of drug-likeness (QED) is 0.766. The number of nitrogens with two attached hydrogens (primary N) is 1. The molecule has 0 saturated heterocycles. The Balaban J connectivity index is 2.82. The smallest absolute Gasteiger partial charge is 0.227 e. The van der Waals surface area contributed by atoms with Crippen LogP contribution in [0.15, 0.2) is 18.2 Å². The minimum absolute atomic E-state index is 0.0730. The molecule has 1 amide bonds. The lowest BCUT2D eigenvalue weighted by Crippen LogP contribution is -2.23. The average molecular weight is 278 g/mol. The van der Waals surface area contributed by atoms with Crippen LogP contribution in [-0.2, 0) is 11.3 Å². The molecule has 4 nitrogen and oxygen atoms in total. The van der Waals surface area contributed by atoms with Crippen LogP contribution in [-0.4, -0.2) is 13.0 Å². The Bertz CT molecular complexity index is 426. The van der Waals surface area contributed by atoms with Crippen molar-refractivity contribution in [2.45, 2.75) is 46.1 Å². The highest BCUT2D eigenvalue weighted by Crippen LogP contribution is 2.27. The van der Waals surface area contributed by atoms with Crippen LogP contribution in [0, 0.1) is 5.92 Å². The number of amides is 1. The summed E-state index contributed by atoms with van der Waals surface area (Å²) in [5, 5.41) is 2.98. The molecule has 20 heavy (non-hydrogen) atoms. The first-order valence-electron chi connectivity index (χ1n) is 7.34. The van der Waals surface area contributed by atoms with Gasteiger partial charge in [-0.05, 0) is 30.5 Å². The van der Waals surface area contributed by atoms with Crippen molar-refractivity contribution in [1.82, 2.24) is 0 Å². The second kappa shape index (κ2) is 8.59. The van der Waals surface area contributed by atoms with Gasteiger partial charge in [0.1, 0.15) is 5.75 Å². The van der Waals surface area contributed by atoms with E-state index in [-0.39, 0.29) is 11.8 Å². The zero-order chi connectivity index (χ0) is 15.0. The van der Waals surface area contributed by atoms with E-state index in [1.165, 1.54) is 0 Å². The zero-order valence-electron chi connectivity index (χ0n) is 12.7. The molecule has 0 aliphatic heterocycles. The van der Waals surface area contributed by atoms with Crippen LogP contribution >= 0.6 is 0 Å². The van der Waals surface area contributed by atoms with Crippen molar-refractivity contribution in [3.63, 3.8) is 0 Å². The number of methoxy groups -OCH3 is 1. The van der Waals surface area contributed by atoms with E-state index in [4.69, 9.17) is 10.5 Å². The highest BCUT2D eigenvalue weighted by molar-refractivity contribution is 5.94. The molecule has 1 rings (SSSR count). The summed E-state index contributed by atoms with van der Waals surface area (Å²) in [5.74, 6) is 0.810. The van der Waals surface area contributed by atoms with Crippen LogP contribution in [0.1, 0.15) is 45.1 Å². The Morgan fingerprint density at radius 3 is 2.45 bits per heavy atom. The summed E-state index contributed by atoms with van der Waals surface area (Å²) in [4.78, 5) is 12.3. The number of nitrogens with one attached hydrogen (secondary N) is 1. The summed E-state index contributed by atoms with van der Waals surface area (Å²) >= 11 is 0. The third-order valence-electron chi connectivity index (χ3n) is 3.40. The molecule has 0 bridgehead atoms. The number of hydrogen-bond donors (Lipinski definition) is 2. The first-order valence-corrected chi connectivity index (χ1v) is 7.34. The van der Waals surface area contributed by atoms with Crippen molar-refractivity contribution >= 4 is 11.6 Å². The van der Waals surface area contributed by atoms with Gasteiger partial charge in [0.05, 0.1) is 12.8 Å². The van der Waals surface area contributed by atoms with Crippen molar-refractivity contribution in [3.8, 4) is 5.75 Å². The molecule has 0 fully saturated rings. The van der Waals surface area contributed by atoms with Crippen LogP contribution in [0.5, 0.6) is 5.75 Å². The number of benzene rings is 1. The van der Waals surface area contributed by atoms with Gasteiger partial charge in [0, 0.05) is 12.5 Å². The Labute approximate surface area is 121 Å². The fourth-order valence-electron chi connectivity index (χ4n) is 2.30. The van der Waals surface area contributed by atoms with E-state index in [0.717, 1.165) is 31.2 Å². The van der Waals surface area contributed by atoms with Gasteiger partial charge in [-0.2, -0.15) is 0 Å². The van der Waals surface area contributed by atoms with Crippen molar-refractivity contribution < 1.29 is 9.53 Å².